The van der Waals surface area contributed by atoms with E-state index in [0.717, 1.165) is 19.4 Å². The summed E-state index contributed by atoms with van der Waals surface area (Å²) in [4.78, 5) is 26.7. The molecule has 0 bridgehead atoms. The zero-order valence-electron chi connectivity index (χ0n) is 14.3. The normalized spacial score (nSPS) is 18.6. The van der Waals surface area contributed by atoms with Gasteiger partial charge in [0.05, 0.1) is 6.26 Å². The molecule has 3 N–H and O–H groups in total. The summed E-state index contributed by atoms with van der Waals surface area (Å²) in [5.74, 6) is 0.191. The fourth-order valence-corrected chi connectivity index (χ4v) is 3.14. The Morgan fingerprint density at radius 1 is 1.32 bits per heavy atom. The number of anilines is 1. The number of nitrogens with two attached hydrogens (primary N) is 1. The molecule has 25 heavy (non-hydrogen) atoms. The highest BCUT2D eigenvalue weighted by Crippen LogP contribution is 2.21. The average molecular weight is 341 g/mol. The second kappa shape index (κ2) is 7.53. The molecular weight excluding hydrogens is 318 g/mol. The van der Waals surface area contributed by atoms with Crippen molar-refractivity contribution in [1.82, 2.24) is 4.90 Å². The minimum absolute atomic E-state index is 0.0283. The largest absolute Gasteiger partial charge is 0.459 e. The van der Waals surface area contributed by atoms with Gasteiger partial charge in [-0.2, -0.15) is 0 Å². The van der Waals surface area contributed by atoms with Crippen LogP contribution in [-0.4, -0.2) is 35.8 Å². The summed E-state index contributed by atoms with van der Waals surface area (Å²) < 4.78 is 5.08. The maximum absolute atomic E-state index is 12.8. The molecule has 132 valence electrons. The highest BCUT2D eigenvalue weighted by atomic mass is 16.3. The lowest BCUT2D eigenvalue weighted by atomic mass is 9.92. The van der Waals surface area contributed by atoms with E-state index in [1.165, 1.54) is 6.26 Å². The SMILES string of the molecule is CC(N)C1CCCN(C(=O)c2cccc(NC(=O)c3ccco3)c2)C1. The molecule has 0 spiro atoms. The number of benzene rings is 1. The molecule has 1 aliphatic rings. The van der Waals surface area contributed by atoms with Crippen molar-refractivity contribution in [1.29, 1.82) is 0 Å². The van der Waals surface area contributed by atoms with E-state index < -0.39 is 0 Å². The van der Waals surface area contributed by atoms with Crippen molar-refractivity contribution in [3.63, 3.8) is 0 Å². The van der Waals surface area contributed by atoms with Crippen molar-refractivity contribution < 1.29 is 14.0 Å². The number of piperidine rings is 1. The standard InChI is InChI=1S/C19H23N3O3/c1-13(20)15-6-3-9-22(12-15)19(24)14-5-2-7-16(11-14)21-18(23)17-8-4-10-25-17/h2,4-5,7-8,10-11,13,15H,3,6,9,12,20H2,1H3,(H,21,23). The fraction of sp³-hybridized carbons (Fsp3) is 0.368. The van der Waals surface area contributed by atoms with Crippen LogP contribution in [0.1, 0.15) is 40.7 Å². The second-order valence-electron chi connectivity index (χ2n) is 6.52. The molecule has 0 saturated carbocycles. The first-order valence-corrected chi connectivity index (χ1v) is 8.54. The average Bonchev–Trinajstić information content (AvgIpc) is 3.16. The number of amides is 2. The summed E-state index contributed by atoms with van der Waals surface area (Å²) in [5, 5.41) is 2.75. The van der Waals surface area contributed by atoms with Crippen LogP contribution < -0.4 is 11.1 Å². The van der Waals surface area contributed by atoms with Crippen LogP contribution in [-0.2, 0) is 0 Å². The van der Waals surface area contributed by atoms with Gasteiger partial charge in [-0.15, -0.1) is 0 Å². The second-order valence-corrected chi connectivity index (χ2v) is 6.52. The van der Waals surface area contributed by atoms with Crippen LogP contribution in [0.4, 0.5) is 5.69 Å². The van der Waals surface area contributed by atoms with Crippen LogP contribution in [0.5, 0.6) is 0 Å². The van der Waals surface area contributed by atoms with Crippen molar-refractivity contribution in [2.75, 3.05) is 18.4 Å². The highest BCUT2D eigenvalue weighted by molar-refractivity contribution is 6.03. The van der Waals surface area contributed by atoms with Gasteiger partial charge in [0.2, 0.25) is 0 Å². The predicted octanol–water partition coefficient (Wildman–Crippen LogP) is 2.73. The molecule has 6 nitrogen and oxygen atoms in total. The number of furan rings is 1. The van der Waals surface area contributed by atoms with Gasteiger partial charge in [-0.05, 0) is 56.0 Å². The molecule has 2 atom stereocenters. The first-order valence-electron chi connectivity index (χ1n) is 8.54. The minimum Gasteiger partial charge on any atom is -0.459 e. The first-order chi connectivity index (χ1) is 12.0. The predicted molar refractivity (Wildman–Crippen MR) is 95.4 cm³/mol. The topological polar surface area (TPSA) is 88.6 Å². The molecule has 1 aromatic heterocycles. The van der Waals surface area contributed by atoms with Gasteiger partial charge < -0.3 is 20.4 Å². The third-order valence-corrected chi connectivity index (χ3v) is 4.60. The fourth-order valence-electron chi connectivity index (χ4n) is 3.14. The Labute approximate surface area is 147 Å². The van der Waals surface area contributed by atoms with Gasteiger partial charge in [-0.3, -0.25) is 9.59 Å². The zero-order chi connectivity index (χ0) is 17.8. The van der Waals surface area contributed by atoms with E-state index in [0.29, 0.717) is 23.7 Å². The summed E-state index contributed by atoms with van der Waals surface area (Å²) in [6, 6.07) is 10.3. The molecule has 1 fully saturated rings. The Morgan fingerprint density at radius 2 is 2.16 bits per heavy atom. The Balaban J connectivity index is 1.70. The number of nitrogens with one attached hydrogen (secondary N) is 1. The maximum atomic E-state index is 12.8. The molecule has 1 aromatic carbocycles. The molecule has 3 rings (SSSR count). The molecule has 2 amide bonds. The number of rotatable bonds is 4. The lowest BCUT2D eigenvalue weighted by molar-refractivity contribution is 0.0660. The van der Waals surface area contributed by atoms with E-state index in [-0.39, 0.29) is 23.6 Å². The molecule has 1 aliphatic heterocycles. The smallest absolute Gasteiger partial charge is 0.291 e. The van der Waals surface area contributed by atoms with Gasteiger partial charge >= 0.3 is 0 Å². The van der Waals surface area contributed by atoms with E-state index >= 15 is 0 Å². The number of nitrogens with zero attached hydrogens (tertiary/aromatic N) is 1. The summed E-state index contributed by atoms with van der Waals surface area (Å²) in [6.45, 7) is 3.41. The van der Waals surface area contributed by atoms with E-state index in [1.54, 1.807) is 36.4 Å². The van der Waals surface area contributed by atoms with Crippen LogP contribution in [0, 0.1) is 5.92 Å². The number of carbonyl (C=O) groups excluding carboxylic acids is 2. The lowest BCUT2D eigenvalue weighted by Gasteiger charge is -2.34. The van der Waals surface area contributed by atoms with E-state index in [2.05, 4.69) is 5.32 Å². The lowest BCUT2D eigenvalue weighted by Crippen LogP contribution is -2.45. The number of carbonyl (C=O) groups is 2. The molecule has 6 heteroatoms. The molecular formula is C19H23N3O3. The molecule has 2 unspecified atom stereocenters. The molecule has 0 aliphatic carbocycles. The quantitative estimate of drug-likeness (QED) is 0.895. The summed E-state index contributed by atoms with van der Waals surface area (Å²) in [5.41, 5.74) is 7.12. The van der Waals surface area contributed by atoms with Crippen LogP contribution in [0.2, 0.25) is 0 Å². The summed E-state index contributed by atoms with van der Waals surface area (Å²) in [6.07, 6.45) is 3.47. The molecule has 2 heterocycles. The first kappa shape index (κ1) is 17.2. The van der Waals surface area contributed by atoms with Crippen LogP contribution >= 0.6 is 0 Å². The number of hydrogen-bond donors (Lipinski definition) is 2. The van der Waals surface area contributed by atoms with Gasteiger partial charge in [0, 0.05) is 30.4 Å². The van der Waals surface area contributed by atoms with Gasteiger partial charge in [0.15, 0.2) is 5.76 Å². The monoisotopic (exact) mass is 341 g/mol. The van der Waals surface area contributed by atoms with Crippen molar-refractivity contribution in [2.24, 2.45) is 11.7 Å². The number of likely N-dealkylation sites (tertiary alicyclic amines) is 1. The van der Waals surface area contributed by atoms with Crippen LogP contribution in [0.3, 0.4) is 0 Å². The Hall–Kier alpha value is -2.60. The van der Waals surface area contributed by atoms with Gasteiger partial charge in [0.1, 0.15) is 0 Å². The van der Waals surface area contributed by atoms with Gasteiger partial charge in [-0.1, -0.05) is 6.07 Å². The highest BCUT2D eigenvalue weighted by Gasteiger charge is 2.26. The van der Waals surface area contributed by atoms with Crippen molar-refractivity contribution >= 4 is 17.5 Å². The Bertz CT molecular complexity index is 740. The summed E-state index contributed by atoms with van der Waals surface area (Å²) >= 11 is 0. The maximum Gasteiger partial charge on any atom is 0.291 e. The van der Waals surface area contributed by atoms with Crippen molar-refractivity contribution in [3.8, 4) is 0 Å². The molecule has 2 aromatic rings. The molecule has 0 radical (unpaired) electrons. The van der Waals surface area contributed by atoms with Crippen LogP contribution in [0.25, 0.3) is 0 Å². The van der Waals surface area contributed by atoms with E-state index in [9.17, 15) is 9.59 Å². The third kappa shape index (κ3) is 4.09. The van der Waals surface area contributed by atoms with Gasteiger partial charge in [0.25, 0.3) is 11.8 Å². The van der Waals surface area contributed by atoms with Crippen molar-refractivity contribution in [2.45, 2.75) is 25.8 Å². The van der Waals surface area contributed by atoms with E-state index in [1.807, 2.05) is 11.8 Å². The summed E-state index contributed by atoms with van der Waals surface area (Å²) in [7, 11) is 0. The van der Waals surface area contributed by atoms with Gasteiger partial charge in [-0.25, -0.2) is 0 Å². The number of hydrogen-bond acceptors (Lipinski definition) is 4. The Morgan fingerprint density at radius 3 is 2.88 bits per heavy atom. The molecule has 1 saturated heterocycles. The van der Waals surface area contributed by atoms with Crippen molar-refractivity contribution in [3.05, 3.63) is 54.0 Å². The zero-order valence-corrected chi connectivity index (χ0v) is 14.3. The minimum atomic E-state index is -0.343. The van der Waals surface area contributed by atoms with Crippen LogP contribution in [0.15, 0.2) is 47.1 Å². The third-order valence-electron chi connectivity index (χ3n) is 4.60. The van der Waals surface area contributed by atoms with E-state index in [4.69, 9.17) is 10.2 Å². The Kier molecular flexibility index (Phi) is 5.19.